The van der Waals surface area contributed by atoms with Crippen LogP contribution < -0.4 is 4.72 Å². The molecule has 7 heteroatoms. The molecule has 0 radical (unpaired) electrons. The number of nitrogens with one attached hydrogen (secondary N) is 1. The van der Waals surface area contributed by atoms with Crippen molar-refractivity contribution in [3.8, 4) is 0 Å². The number of aliphatic hydroxyl groups excluding tert-OH is 1. The number of benzene rings is 1. The average Bonchev–Trinajstić information content (AvgIpc) is 2.85. The summed E-state index contributed by atoms with van der Waals surface area (Å²) in [5.74, 6) is 0. The minimum absolute atomic E-state index is 0.0738. The van der Waals surface area contributed by atoms with Crippen LogP contribution >= 0.6 is 22.9 Å². The van der Waals surface area contributed by atoms with E-state index in [-0.39, 0.29) is 11.4 Å². The fourth-order valence-corrected chi connectivity index (χ4v) is 4.41. The van der Waals surface area contributed by atoms with Crippen LogP contribution in [0.15, 0.2) is 34.5 Å². The Morgan fingerprint density at radius 2 is 2.05 bits per heavy atom. The van der Waals surface area contributed by atoms with E-state index in [0.29, 0.717) is 10.6 Å². The van der Waals surface area contributed by atoms with E-state index in [1.807, 2.05) is 18.4 Å². The van der Waals surface area contributed by atoms with E-state index in [4.69, 9.17) is 11.6 Å². The van der Waals surface area contributed by atoms with Crippen LogP contribution in [-0.2, 0) is 10.0 Å². The maximum atomic E-state index is 12.3. The summed E-state index contributed by atoms with van der Waals surface area (Å²) in [5.41, 5.74) is 1.44. The van der Waals surface area contributed by atoms with Crippen molar-refractivity contribution in [1.29, 1.82) is 0 Å². The third-order valence-electron chi connectivity index (χ3n) is 3.18. The van der Waals surface area contributed by atoms with Crippen LogP contribution in [0.25, 0.3) is 0 Å². The third-order valence-corrected chi connectivity index (χ3v) is 6.28. The molecule has 114 valence electrons. The van der Waals surface area contributed by atoms with E-state index < -0.39 is 16.1 Å². The Bertz CT molecular complexity index is 740. The van der Waals surface area contributed by atoms with Gasteiger partial charge in [-0.3, -0.25) is 0 Å². The lowest BCUT2D eigenvalue weighted by atomic mass is 10.2. The highest BCUT2D eigenvalue weighted by Crippen LogP contribution is 2.25. The molecule has 1 atom stereocenters. The lowest BCUT2D eigenvalue weighted by Gasteiger charge is -2.13. The second-order valence-corrected chi connectivity index (χ2v) is 7.79. The standard InChI is InChI=1S/C14H16ClNO3S2/c1-9-6-7-20-14(9)12(17)8-16-21(18,19)13-5-3-4-11(15)10(13)2/h3-7,12,16-17H,8H2,1-2H3/t12-/m1/s1. The number of hydrogen-bond acceptors (Lipinski definition) is 4. The number of aliphatic hydroxyl groups is 1. The SMILES string of the molecule is Cc1ccsc1[C@H](O)CNS(=O)(=O)c1cccc(Cl)c1C. The van der Waals surface area contributed by atoms with Gasteiger partial charge < -0.3 is 5.11 Å². The zero-order valence-electron chi connectivity index (χ0n) is 11.6. The second kappa shape index (κ2) is 6.46. The van der Waals surface area contributed by atoms with Gasteiger partial charge in [0.05, 0.1) is 4.90 Å². The first-order chi connectivity index (χ1) is 9.83. The van der Waals surface area contributed by atoms with Crippen molar-refractivity contribution >= 4 is 33.0 Å². The molecule has 2 N–H and O–H groups in total. The number of hydrogen-bond donors (Lipinski definition) is 2. The molecule has 0 saturated carbocycles. The van der Waals surface area contributed by atoms with Gasteiger partial charge in [-0.1, -0.05) is 17.7 Å². The van der Waals surface area contributed by atoms with E-state index in [2.05, 4.69) is 4.72 Å². The Morgan fingerprint density at radius 1 is 1.33 bits per heavy atom. The smallest absolute Gasteiger partial charge is 0.240 e. The first-order valence-corrected chi connectivity index (χ1v) is 9.04. The molecule has 0 aliphatic carbocycles. The van der Waals surface area contributed by atoms with E-state index in [1.54, 1.807) is 19.1 Å². The van der Waals surface area contributed by atoms with Crippen molar-refractivity contribution in [2.75, 3.05) is 6.54 Å². The number of thiophene rings is 1. The normalized spacial score (nSPS) is 13.3. The average molecular weight is 346 g/mol. The summed E-state index contributed by atoms with van der Waals surface area (Å²) in [5, 5.41) is 12.3. The summed E-state index contributed by atoms with van der Waals surface area (Å²) in [6, 6.07) is 6.61. The van der Waals surface area contributed by atoms with Crippen LogP contribution in [0.5, 0.6) is 0 Å². The van der Waals surface area contributed by atoms with Crippen molar-refractivity contribution in [3.05, 3.63) is 50.7 Å². The molecule has 1 aromatic heterocycles. The lowest BCUT2D eigenvalue weighted by molar-refractivity contribution is 0.185. The zero-order valence-corrected chi connectivity index (χ0v) is 14.0. The minimum atomic E-state index is -3.70. The first kappa shape index (κ1) is 16.5. The van der Waals surface area contributed by atoms with Crippen LogP contribution in [0.1, 0.15) is 22.1 Å². The minimum Gasteiger partial charge on any atom is -0.386 e. The molecule has 0 aliphatic rings. The third kappa shape index (κ3) is 3.64. The monoisotopic (exact) mass is 345 g/mol. The Hall–Kier alpha value is -0.920. The predicted molar refractivity (Wildman–Crippen MR) is 85.4 cm³/mol. The molecular weight excluding hydrogens is 330 g/mol. The van der Waals surface area contributed by atoms with Gasteiger partial charge in [0, 0.05) is 16.4 Å². The maximum absolute atomic E-state index is 12.3. The summed E-state index contributed by atoms with van der Waals surface area (Å²) in [7, 11) is -3.70. The van der Waals surface area contributed by atoms with Gasteiger partial charge in [-0.05, 0) is 48.6 Å². The highest BCUT2D eigenvalue weighted by atomic mass is 35.5. The van der Waals surface area contributed by atoms with Crippen molar-refractivity contribution < 1.29 is 13.5 Å². The molecule has 2 rings (SSSR count). The second-order valence-electron chi connectivity index (χ2n) is 4.70. The molecule has 2 aromatic rings. The van der Waals surface area contributed by atoms with Gasteiger partial charge in [0.15, 0.2) is 0 Å². The van der Waals surface area contributed by atoms with Crippen LogP contribution in [-0.4, -0.2) is 20.1 Å². The first-order valence-electron chi connectivity index (χ1n) is 6.30. The molecule has 0 fully saturated rings. The highest BCUT2D eigenvalue weighted by Gasteiger charge is 2.20. The molecule has 0 amide bonds. The van der Waals surface area contributed by atoms with Crippen LogP contribution in [0.4, 0.5) is 0 Å². The number of sulfonamides is 1. The highest BCUT2D eigenvalue weighted by molar-refractivity contribution is 7.89. The van der Waals surface area contributed by atoms with Crippen molar-refractivity contribution in [2.24, 2.45) is 0 Å². The molecular formula is C14H16ClNO3S2. The van der Waals surface area contributed by atoms with Gasteiger partial charge >= 0.3 is 0 Å². The zero-order chi connectivity index (χ0) is 15.6. The van der Waals surface area contributed by atoms with Crippen molar-refractivity contribution in [3.63, 3.8) is 0 Å². The molecule has 1 aromatic carbocycles. The van der Waals surface area contributed by atoms with Crippen molar-refractivity contribution in [2.45, 2.75) is 24.8 Å². The predicted octanol–water partition coefficient (Wildman–Crippen LogP) is 3.03. The number of halogens is 1. The Kier molecular flexibility index (Phi) is 5.06. The number of aryl methyl sites for hydroxylation is 1. The summed E-state index contributed by atoms with van der Waals surface area (Å²) >= 11 is 7.35. The fraction of sp³-hybridized carbons (Fsp3) is 0.286. The topological polar surface area (TPSA) is 66.4 Å². The molecule has 1 heterocycles. The van der Waals surface area contributed by atoms with E-state index in [9.17, 15) is 13.5 Å². The van der Waals surface area contributed by atoms with Gasteiger partial charge in [-0.2, -0.15) is 0 Å². The molecule has 4 nitrogen and oxygen atoms in total. The van der Waals surface area contributed by atoms with Crippen LogP contribution in [0, 0.1) is 13.8 Å². The van der Waals surface area contributed by atoms with Gasteiger partial charge in [0.1, 0.15) is 6.10 Å². The van der Waals surface area contributed by atoms with Gasteiger partial charge in [0.25, 0.3) is 0 Å². The Balaban J connectivity index is 2.15. The summed E-state index contributed by atoms with van der Waals surface area (Å²) < 4.78 is 27.0. The van der Waals surface area contributed by atoms with Gasteiger partial charge in [-0.25, -0.2) is 13.1 Å². The summed E-state index contributed by atoms with van der Waals surface area (Å²) in [4.78, 5) is 0.894. The fourth-order valence-electron chi connectivity index (χ4n) is 1.96. The Morgan fingerprint density at radius 3 is 2.67 bits per heavy atom. The van der Waals surface area contributed by atoms with Crippen LogP contribution in [0.3, 0.4) is 0 Å². The van der Waals surface area contributed by atoms with Gasteiger partial charge in [-0.15, -0.1) is 11.3 Å². The van der Waals surface area contributed by atoms with Gasteiger partial charge in [0.2, 0.25) is 10.0 Å². The van der Waals surface area contributed by atoms with Crippen molar-refractivity contribution in [1.82, 2.24) is 4.72 Å². The van der Waals surface area contributed by atoms with E-state index >= 15 is 0 Å². The lowest BCUT2D eigenvalue weighted by Crippen LogP contribution is -2.29. The van der Waals surface area contributed by atoms with E-state index in [0.717, 1.165) is 10.4 Å². The molecule has 0 spiro atoms. The van der Waals surface area contributed by atoms with E-state index in [1.165, 1.54) is 17.4 Å². The molecule has 21 heavy (non-hydrogen) atoms. The summed E-state index contributed by atoms with van der Waals surface area (Å²) in [6.07, 6.45) is -0.862. The molecule has 0 aliphatic heterocycles. The molecule has 0 bridgehead atoms. The summed E-state index contributed by atoms with van der Waals surface area (Å²) in [6.45, 7) is 3.46. The molecule has 0 saturated heterocycles. The Labute approximate surface area is 133 Å². The number of rotatable bonds is 5. The molecule has 0 unspecified atom stereocenters. The maximum Gasteiger partial charge on any atom is 0.240 e. The quantitative estimate of drug-likeness (QED) is 0.875. The largest absolute Gasteiger partial charge is 0.386 e. The van der Waals surface area contributed by atoms with Crippen LogP contribution in [0.2, 0.25) is 5.02 Å².